The second kappa shape index (κ2) is 8.95. The monoisotopic (exact) mass is 374 g/mol. The first-order valence-electron chi connectivity index (χ1n) is 10.1. The van der Waals surface area contributed by atoms with Crippen molar-refractivity contribution in [2.75, 3.05) is 31.6 Å². The standard InChI is InChI=1S/C24H26N2O2/c27-24-18-28-23-17-20(9-10-22(23)25-24)8-4-5-13-26-14-11-21(12-15-26)16-19-6-2-1-3-7-19/h1-3,6-7,9-10,17,21H,5,11-16,18H2,(H,25,27). The molecule has 0 aliphatic carbocycles. The van der Waals surface area contributed by atoms with Gasteiger partial charge in [0.2, 0.25) is 0 Å². The van der Waals surface area contributed by atoms with Crippen LogP contribution in [0, 0.1) is 17.8 Å². The molecule has 1 fully saturated rings. The Morgan fingerprint density at radius 1 is 1.11 bits per heavy atom. The number of carbonyl (C=O) groups excluding carboxylic acids is 1. The Bertz CT molecular complexity index is 874. The van der Waals surface area contributed by atoms with E-state index in [0.717, 1.165) is 30.1 Å². The van der Waals surface area contributed by atoms with Crippen LogP contribution in [0.2, 0.25) is 0 Å². The summed E-state index contributed by atoms with van der Waals surface area (Å²) in [6.45, 7) is 3.45. The van der Waals surface area contributed by atoms with Gasteiger partial charge in [-0.25, -0.2) is 0 Å². The zero-order chi connectivity index (χ0) is 19.2. The summed E-state index contributed by atoms with van der Waals surface area (Å²) in [6.07, 6.45) is 4.62. The van der Waals surface area contributed by atoms with Gasteiger partial charge >= 0.3 is 0 Å². The van der Waals surface area contributed by atoms with Crippen molar-refractivity contribution < 1.29 is 9.53 Å². The van der Waals surface area contributed by atoms with Gasteiger partial charge in [0, 0.05) is 18.5 Å². The van der Waals surface area contributed by atoms with Crippen molar-refractivity contribution in [3.8, 4) is 17.6 Å². The van der Waals surface area contributed by atoms with Crippen molar-refractivity contribution >= 4 is 11.6 Å². The quantitative estimate of drug-likeness (QED) is 0.830. The largest absolute Gasteiger partial charge is 0.482 e. The van der Waals surface area contributed by atoms with Crippen molar-refractivity contribution in [3.63, 3.8) is 0 Å². The second-order valence-electron chi connectivity index (χ2n) is 7.57. The molecule has 4 rings (SSSR count). The van der Waals surface area contributed by atoms with Crippen LogP contribution in [-0.4, -0.2) is 37.0 Å². The Morgan fingerprint density at radius 2 is 1.93 bits per heavy atom. The number of hydrogen-bond acceptors (Lipinski definition) is 3. The molecule has 0 unspecified atom stereocenters. The lowest BCUT2D eigenvalue weighted by Crippen LogP contribution is -2.34. The molecule has 0 aromatic heterocycles. The summed E-state index contributed by atoms with van der Waals surface area (Å²) in [6, 6.07) is 16.5. The molecule has 144 valence electrons. The Kier molecular flexibility index (Phi) is 5.94. The van der Waals surface area contributed by atoms with E-state index < -0.39 is 0 Å². The maximum atomic E-state index is 11.3. The zero-order valence-electron chi connectivity index (χ0n) is 16.1. The Labute approximate surface area is 166 Å². The number of nitrogens with one attached hydrogen (secondary N) is 1. The van der Waals surface area contributed by atoms with Gasteiger partial charge in [-0.2, -0.15) is 0 Å². The van der Waals surface area contributed by atoms with Crippen LogP contribution in [0.4, 0.5) is 5.69 Å². The van der Waals surface area contributed by atoms with Crippen LogP contribution in [0.25, 0.3) is 0 Å². The van der Waals surface area contributed by atoms with E-state index >= 15 is 0 Å². The van der Waals surface area contributed by atoms with E-state index in [1.54, 1.807) is 0 Å². The van der Waals surface area contributed by atoms with Crippen LogP contribution >= 0.6 is 0 Å². The first-order chi connectivity index (χ1) is 13.8. The first kappa shape index (κ1) is 18.6. The van der Waals surface area contributed by atoms with Crippen molar-refractivity contribution in [3.05, 3.63) is 59.7 Å². The number of nitrogens with zero attached hydrogens (tertiary/aromatic N) is 1. The third kappa shape index (κ3) is 4.94. The molecule has 2 aliphatic heterocycles. The summed E-state index contributed by atoms with van der Waals surface area (Å²) in [5.41, 5.74) is 3.11. The lowest BCUT2D eigenvalue weighted by atomic mass is 9.90. The highest BCUT2D eigenvalue weighted by Crippen LogP contribution is 2.28. The minimum absolute atomic E-state index is 0.0735. The van der Waals surface area contributed by atoms with Crippen LogP contribution in [0.5, 0.6) is 5.75 Å². The van der Waals surface area contributed by atoms with Crippen molar-refractivity contribution in [1.29, 1.82) is 0 Å². The van der Waals surface area contributed by atoms with E-state index in [4.69, 9.17) is 4.74 Å². The molecule has 1 saturated heterocycles. The molecule has 0 atom stereocenters. The predicted octanol–water partition coefficient (Wildman–Crippen LogP) is 3.71. The first-order valence-corrected chi connectivity index (χ1v) is 10.1. The molecule has 4 heteroatoms. The zero-order valence-corrected chi connectivity index (χ0v) is 16.1. The van der Waals surface area contributed by atoms with E-state index in [2.05, 4.69) is 52.4 Å². The van der Waals surface area contributed by atoms with Crippen LogP contribution in [0.3, 0.4) is 0 Å². The average Bonchev–Trinajstić information content (AvgIpc) is 2.73. The highest BCUT2D eigenvalue weighted by atomic mass is 16.5. The molecule has 2 aromatic carbocycles. The summed E-state index contributed by atoms with van der Waals surface area (Å²) < 4.78 is 5.44. The number of benzene rings is 2. The SMILES string of the molecule is O=C1COc2cc(C#CCCN3CCC(Cc4ccccc4)CC3)ccc2N1. The molecule has 2 aliphatic rings. The number of ether oxygens (including phenoxy) is 1. The van der Waals surface area contributed by atoms with E-state index in [0.29, 0.717) is 5.75 Å². The third-order valence-electron chi connectivity index (χ3n) is 5.47. The predicted molar refractivity (Wildman–Crippen MR) is 111 cm³/mol. The number of anilines is 1. The number of carbonyl (C=O) groups is 1. The third-order valence-corrected chi connectivity index (χ3v) is 5.47. The Balaban J connectivity index is 1.21. The van der Waals surface area contributed by atoms with Gasteiger partial charge in [-0.05, 0) is 62.0 Å². The molecular weight excluding hydrogens is 348 g/mol. The summed E-state index contributed by atoms with van der Waals surface area (Å²) in [7, 11) is 0. The molecule has 28 heavy (non-hydrogen) atoms. The fraction of sp³-hybridized carbons (Fsp3) is 0.375. The number of amides is 1. The van der Waals surface area contributed by atoms with Gasteiger partial charge in [-0.1, -0.05) is 42.2 Å². The highest BCUT2D eigenvalue weighted by Gasteiger charge is 2.19. The van der Waals surface area contributed by atoms with Gasteiger partial charge in [-0.3, -0.25) is 4.79 Å². The number of rotatable bonds is 4. The summed E-state index contributed by atoms with van der Waals surface area (Å²) in [5.74, 6) is 7.89. The van der Waals surface area contributed by atoms with Crippen LogP contribution in [0.15, 0.2) is 48.5 Å². The number of likely N-dealkylation sites (tertiary alicyclic amines) is 1. The van der Waals surface area contributed by atoms with Gasteiger partial charge in [0.1, 0.15) is 5.75 Å². The maximum absolute atomic E-state index is 11.3. The molecule has 4 nitrogen and oxygen atoms in total. The fourth-order valence-corrected chi connectivity index (χ4v) is 3.89. The molecule has 0 saturated carbocycles. The van der Waals surface area contributed by atoms with Gasteiger partial charge in [0.05, 0.1) is 5.69 Å². The molecule has 1 N–H and O–H groups in total. The second-order valence-corrected chi connectivity index (χ2v) is 7.57. The van der Waals surface area contributed by atoms with Crippen LogP contribution < -0.4 is 10.1 Å². The van der Waals surface area contributed by atoms with Crippen molar-refractivity contribution in [2.24, 2.45) is 5.92 Å². The maximum Gasteiger partial charge on any atom is 0.262 e. The van der Waals surface area contributed by atoms with Gasteiger partial charge < -0.3 is 15.0 Å². The van der Waals surface area contributed by atoms with Crippen molar-refractivity contribution in [1.82, 2.24) is 4.90 Å². The Morgan fingerprint density at radius 3 is 2.75 bits per heavy atom. The van der Waals surface area contributed by atoms with E-state index in [-0.39, 0.29) is 12.5 Å². The number of piperidine rings is 1. The summed E-state index contributed by atoms with van der Waals surface area (Å²) >= 11 is 0. The van der Waals surface area contributed by atoms with Gasteiger partial charge in [0.25, 0.3) is 5.91 Å². The average molecular weight is 374 g/mol. The van der Waals surface area contributed by atoms with Crippen LogP contribution in [0.1, 0.15) is 30.4 Å². The number of hydrogen-bond donors (Lipinski definition) is 1. The van der Waals surface area contributed by atoms with Crippen LogP contribution in [-0.2, 0) is 11.2 Å². The molecule has 2 aromatic rings. The van der Waals surface area contributed by atoms with Gasteiger partial charge in [0.15, 0.2) is 6.61 Å². The normalized spacial score (nSPS) is 17.1. The van der Waals surface area contributed by atoms with Gasteiger partial charge in [-0.15, -0.1) is 0 Å². The summed E-state index contributed by atoms with van der Waals surface area (Å²) in [5, 5.41) is 2.80. The smallest absolute Gasteiger partial charge is 0.262 e. The van der Waals surface area contributed by atoms with Crippen molar-refractivity contribution in [2.45, 2.75) is 25.7 Å². The van der Waals surface area contributed by atoms with E-state index in [9.17, 15) is 4.79 Å². The lowest BCUT2D eigenvalue weighted by Gasteiger charge is -2.31. The van der Waals surface area contributed by atoms with E-state index in [1.165, 1.54) is 37.9 Å². The molecule has 2 heterocycles. The number of fused-ring (bicyclic) bond motifs is 1. The topological polar surface area (TPSA) is 41.6 Å². The molecule has 0 radical (unpaired) electrons. The molecule has 0 spiro atoms. The molecule has 1 amide bonds. The highest BCUT2D eigenvalue weighted by molar-refractivity contribution is 5.95. The molecular formula is C24H26N2O2. The fourth-order valence-electron chi connectivity index (χ4n) is 3.89. The Hall–Kier alpha value is -2.77. The van der Waals surface area contributed by atoms with E-state index in [1.807, 2.05) is 18.2 Å². The molecule has 0 bridgehead atoms. The summed E-state index contributed by atoms with van der Waals surface area (Å²) in [4.78, 5) is 13.8. The minimum Gasteiger partial charge on any atom is -0.482 e. The minimum atomic E-state index is -0.112. The lowest BCUT2D eigenvalue weighted by molar-refractivity contribution is -0.118.